The number of thiophene rings is 1. The van der Waals surface area contributed by atoms with Gasteiger partial charge in [-0.3, -0.25) is 0 Å². The van der Waals surface area contributed by atoms with Crippen LogP contribution in [0, 0.1) is 0 Å². The normalized spacial score (nSPS) is 16.3. The fraction of sp³-hybridized carbons (Fsp3) is 0.450. The average Bonchev–Trinajstić information content (AvgIpc) is 3.35. The van der Waals surface area contributed by atoms with Crippen molar-refractivity contribution < 1.29 is 8.42 Å². The van der Waals surface area contributed by atoms with Crippen molar-refractivity contribution in [2.75, 3.05) is 13.1 Å². The Bertz CT molecular complexity index is 908. The molecule has 0 saturated heterocycles. The van der Waals surface area contributed by atoms with Crippen LogP contribution in [0.15, 0.2) is 51.7 Å². The van der Waals surface area contributed by atoms with Crippen LogP contribution in [0.1, 0.15) is 43.0 Å². The second-order valence-electron chi connectivity index (χ2n) is 7.17. The highest BCUT2D eigenvalue weighted by atomic mass is 127. The number of halogens is 1. The van der Waals surface area contributed by atoms with Crippen molar-refractivity contribution in [3.05, 3.63) is 52.9 Å². The van der Waals surface area contributed by atoms with E-state index in [0.29, 0.717) is 6.54 Å². The lowest BCUT2D eigenvalue weighted by molar-refractivity contribution is 0.432. The molecule has 1 fully saturated rings. The second-order valence-corrected chi connectivity index (χ2v) is 10.1. The number of sulfonamides is 1. The highest BCUT2D eigenvalue weighted by Gasteiger charge is 2.35. The Morgan fingerprint density at radius 2 is 1.83 bits per heavy atom. The number of nitrogens with two attached hydrogens (primary N) is 1. The number of benzene rings is 1. The maximum Gasteiger partial charge on any atom is 0.247 e. The third-order valence-electron chi connectivity index (χ3n) is 5.20. The molecule has 1 aliphatic carbocycles. The van der Waals surface area contributed by atoms with Crippen LogP contribution >= 0.6 is 35.3 Å². The van der Waals surface area contributed by atoms with Crippen molar-refractivity contribution in [2.24, 2.45) is 10.1 Å². The fourth-order valence-electron chi connectivity index (χ4n) is 3.76. The summed E-state index contributed by atoms with van der Waals surface area (Å²) in [7, 11) is -3.65. The van der Waals surface area contributed by atoms with Gasteiger partial charge in [0.2, 0.25) is 10.0 Å². The summed E-state index contributed by atoms with van der Waals surface area (Å²) in [5.41, 5.74) is 1.52. The Kier molecular flexibility index (Phi) is 8.92. The molecule has 3 rings (SSSR count). The van der Waals surface area contributed by atoms with E-state index in [4.69, 9.17) is 5.14 Å². The predicted octanol–water partition coefficient (Wildman–Crippen LogP) is 3.58. The first-order valence-electron chi connectivity index (χ1n) is 9.62. The van der Waals surface area contributed by atoms with Gasteiger partial charge in [-0.2, -0.15) is 0 Å². The van der Waals surface area contributed by atoms with E-state index in [0.717, 1.165) is 35.3 Å². The fourth-order valence-corrected chi connectivity index (χ4v) is 5.46. The van der Waals surface area contributed by atoms with Gasteiger partial charge >= 0.3 is 0 Å². The van der Waals surface area contributed by atoms with E-state index >= 15 is 0 Å². The number of nitrogens with one attached hydrogen (secondary N) is 2. The van der Waals surface area contributed by atoms with Crippen LogP contribution in [-0.2, 0) is 22.0 Å². The van der Waals surface area contributed by atoms with Gasteiger partial charge in [-0.05, 0) is 37.5 Å². The molecule has 0 bridgehead atoms. The number of hydrogen-bond acceptors (Lipinski definition) is 4. The van der Waals surface area contributed by atoms with Gasteiger partial charge in [0.1, 0.15) is 4.21 Å². The number of nitrogens with zero attached hydrogens (tertiary/aromatic N) is 1. The van der Waals surface area contributed by atoms with Crippen molar-refractivity contribution in [3.8, 4) is 0 Å². The average molecular weight is 549 g/mol. The molecule has 1 aliphatic rings. The molecule has 4 N–H and O–H groups in total. The Morgan fingerprint density at radius 1 is 1.14 bits per heavy atom. The first kappa shape index (κ1) is 24.1. The number of primary sulfonamides is 1. The van der Waals surface area contributed by atoms with E-state index < -0.39 is 10.0 Å². The summed E-state index contributed by atoms with van der Waals surface area (Å²) in [5.74, 6) is 0.746. The van der Waals surface area contributed by atoms with Crippen molar-refractivity contribution in [1.82, 2.24) is 10.6 Å². The summed E-state index contributed by atoms with van der Waals surface area (Å²) in [6.45, 7) is 4.03. The molecule has 0 aliphatic heterocycles. The minimum atomic E-state index is -3.65. The predicted molar refractivity (Wildman–Crippen MR) is 131 cm³/mol. The van der Waals surface area contributed by atoms with Crippen molar-refractivity contribution >= 4 is 51.3 Å². The van der Waals surface area contributed by atoms with Gasteiger partial charge in [0.25, 0.3) is 0 Å². The molecule has 0 atom stereocenters. The van der Waals surface area contributed by atoms with E-state index in [1.165, 1.54) is 37.3 Å². The quantitative estimate of drug-likeness (QED) is 0.280. The Balaban J connectivity index is 0.00000300. The molecule has 0 unspecified atom stereocenters. The van der Waals surface area contributed by atoms with E-state index in [1.807, 2.05) is 6.92 Å². The number of rotatable bonds is 7. The zero-order chi connectivity index (χ0) is 20.0. The molecule has 2 aromatic rings. The molecular formula is C20H29IN4O2S2. The van der Waals surface area contributed by atoms with Crippen molar-refractivity contribution in [2.45, 2.75) is 48.8 Å². The van der Waals surface area contributed by atoms with Crippen molar-refractivity contribution in [1.29, 1.82) is 0 Å². The summed E-state index contributed by atoms with van der Waals surface area (Å²) in [6, 6.07) is 14.0. The Labute approximate surface area is 194 Å². The summed E-state index contributed by atoms with van der Waals surface area (Å²) < 4.78 is 23.0. The Hall–Kier alpha value is -1.17. The van der Waals surface area contributed by atoms with Crippen LogP contribution in [0.25, 0.3) is 0 Å². The minimum Gasteiger partial charge on any atom is -0.357 e. The van der Waals surface area contributed by atoms with Gasteiger partial charge in [-0.1, -0.05) is 43.2 Å². The molecule has 1 heterocycles. The number of guanidine groups is 1. The van der Waals surface area contributed by atoms with Crippen LogP contribution in [0.3, 0.4) is 0 Å². The summed E-state index contributed by atoms with van der Waals surface area (Å²) in [4.78, 5) is 5.50. The highest BCUT2D eigenvalue weighted by Crippen LogP contribution is 2.40. The highest BCUT2D eigenvalue weighted by molar-refractivity contribution is 14.0. The third-order valence-corrected chi connectivity index (χ3v) is 7.70. The first-order valence-corrected chi connectivity index (χ1v) is 12.0. The maximum atomic E-state index is 11.4. The SMILES string of the molecule is CCNC(=NCc1ccc(S(N)(=O)=O)s1)NCC1(c2ccccc2)CCCC1.I. The van der Waals surface area contributed by atoms with Gasteiger partial charge in [-0.15, -0.1) is 35.3 Å². The summed E-state index contributed by atoms with van der Waals surface area (Å²) in [6.07, 6.45) is 4.84. The molecule has 0 amide bonds. The molecule has 1 aromatic carbocycles. The van der Waals surface area contributed by atoms with Gasteiger partial charge in [0.05, 0.1) is 6.54 Å². The zero-order valence-corrected chi connectivity index (χ0v) is 20.5. The van der Waals surface area contributed by atoms with Crippen molar-refractivity contribution in [3.63, 3.8) is 0 Å². The molecule has 0 spiro atoms. The summed E-state index contributed by atoms with van der Waals surface area (Å²) >= 11 is 1.16. The molecule has 29 heavy (non-hydrogen) atoms. The molecule has 0 radical (unpaired) electrons. The van der Waals surface area contributed by atoms with E-state index in [-0.39, 0.29) is 33.6 Å². The smallest absolute Gasteiger partial charge is 0.247 e. The van der Waals surface area contributed by atoms with E-state index in [9.17, 15) is 8.42 Å². The van der Waals surface area contributed by atoms with Crippen LogP contribution in [-0.4, -0.2) is 27.5 Å². The monoisotopic (exact) mass is 548 g/mol. The first-order chi connectivity index (χ1) is 13.4. The molecule has 1 aromatic heterocycles. The molecule has 1 saturated carbocycles. The summed E-state index contributed by atoms with van der Waals surface area (Å²) in [5, 5.41) is 12.0. The van der Waals surface area contributed by atoms with Gasteiger partial charge < -0.3 is 10.6 Å². The van der Waals surface area contributed by atoms with Crippen LogP contribution < -0.4 is 15.8 Å². The van der Waals surface area contributed by atoms with Gasteiger partial charge in [0.15, 0.2) is 5.96 Å². The van der Waals surface area contributed by atoms with Crippen LogP contribution in [0.2, 0.25) is 0 Å². The topological polar surface area (TPSA) is 96.6 Å². The van der Waals surface area contributed by atoms with Gasteiger partial charge in [-0.25, -0.2) is 18.5 Å². The van der Waals surface area contributed by atoms with Gasteiger partial charge in [0, 0.05) is 23.4 Å². The minimum absolute atomic E-state index is 0. The lowest BCUT2D eigenvalue weighted by atomic mass is 9.79. The molecule has 6 nitrogen and oxygen atoms in total. The van der Waals surface area contributed by atoms with E-state index in [1.54, 1.807) is 6.07 Å². The molecule has 9 heteroatoms. The number of hydrogen-bond donors (Lipinski definition) is 3. The standard InChI is InChI=1S/C20H28N4O2S2.HI/c1-2-22-19(23-14-17-10-11-18(27-17)28(21,25)26)24-15-20(12-6-7-13-20)16-8-4-3-5-9-16;/h3-5,8-11H,2,6-7,12-15H2,1H3,(H2,21,25,26)(H2,22,23,24);1H. The molecule has 160 valence electrons. The van der Waals surface area contributed by atoms with E-state index in [2.05, 4.69) is 46.0 Å². The van der Waals surface area contributed by atoms with Crippen LogP contribution in [0.5, 0.6) is 0 Å². The Morgan fingerprint density at radius 3 is 2.41 bits per heavy atom. The largest absolute Gasteiger partial charge is 0.357 e. The third kappa shape index (κ3) is 6.40. The zero-order valence-electron chi connectivity index (χ0n) is 16.6. The number of aliphatic imine (C=N–C) groups is 1. The second kappa shape index (κ2) is 10.7. The molecular weight excluding hydrogens is 519 g/mol. The lowest BCUT2D eigenvalue weighted by Crippen LogP contribution is -2.44. The van der Waals surface area contributed by atoms with Crippen LogP contribution in [0.4, 0.5) is 0 Å². The maximum absolute atomic E-state index is 11.4. The lowest BCUT2D eigenvalue weighted by Gasteiger charge is -2.30.